The van der Waals surface area contributed by atoms with E-state index in [2.05, 4.69) is 36.2 Å². The van der Waals surface area contributed by atoms with Crippen LogP contribution in [0.25, 0.3) is 0 Å². The molecule has 2 atom stereocenters. The maximum atomic E-state index is 12.5. The summed E-state index contributed by atoms with van der Waals surface area (Å²) in [4.78, 5) is 15.1. The molecule has 2 unspecified atom stereocenters. The van der Waals surface area contributed by atoms with Crippen LogP contribution in [0.2, 0.25) is 0 Å². The lowest BCUT2D eigenvalue weighted by molar-refractivity contribution is 0.0938. The van der Waals surface area contributed by atoms with Gasteiger partial charge in [0.2, 0.25) is 0 Å². The van der Waals surface area contributed by atoms with Crippen molar-refractivity contribution in [2.24, 2.45) is 11.8 Å². The number of hydrogen-bond donors (Lipinski definition) is 1. The standard InChI is InChI=1S/C22H31N3O/c1-18-14-19(2)16-24(15-18)12-7-11-23-22(26)21-10-6-13-25(21)17-20-8-4-3-5-9-20/h3-6,8-10,13,18-19H,7,11-12,14-17H2,1-2H3,(H,23,26). The maximum Gasteiger partial charge on any atom is 0.267 e. The summed E-state index contributed by atoms with van der Waals surface area (Å²) in [5.74, 6) is 1.59. The molecule has 26 heavy (non-hydrogen) atoms. The molecule has 0 spiro atoms. The zero-order valence-electron chi connectivity index (χ0n) is 16.0. The monoisotopic (exact) mass is 353 g/mol. The first-order chi connectivity index (χ1) is 12.6. The number of nitrogens with zero attached hydrogens (tertiary/aromatic N) is 2. The first-order valence-corrected chi connectivity index (χ1v) is 9.81. The van der Waals surface area contributed by atoms with E-state index in [1.807, 2.05) is 41.1 Å². The van der Waals surface area contributed by atoms with Gasteiger partial charge in [-0.1, -0.05) is 44.2 Å². The summed E-state index contributed by atoms with van der Waals surface area (Å²) in [5.41, 5.74) is 1.93. The summed E-state index contributed by atoms with van der Waals surface area (Å²) >= 11 is 0. The minimum atomic E-state index is 0.0197. The van der Waals surface area contributed by atoms with Crippen LogP contribution < -0.4 is 5.32 Å². The lowest BCUT2D eigenvalue weighted by Gasteiger charge is -2.34. The molecule has 2 aromatic rings. The Kier molecular flexibility index (Phi) is 6.51. The van der Waals surface area contributed by atoms with Crippen molar-refractivity contribution in [3.63, 3.8) is 0 Å². The molecule has 0 aliphatic carbocycles. The fraction of sp³-hybridized carbons (Fsp3) is 0.500. The third-order valence-corrected chi connectivity index (χ3v) is 5.14. The molecule has 1 amide bonds. The first-order valence-electron chi connectivity index (χ1n) is 9.81. The van der Waals surface area contributed by atoms with Crippen LogP contribution >= 0.6 is 0 Å². The van der Waals surface area contributed by atoms with Gasteiger partial charge in [0, 0.05) is 32.4 Å². The van der Waals surface area contributed by atoms with Crippen molar-refractivity contribution in [1.82, 2.24) is 14.8 Å². The third-order valence-electron chi connectivity index (χ3n) is 5.14. The van der Waals surface area contributed by atoms with Crippen LogP contribution in [0.1, 0.15) is 42.7 Å². The molecule has 0 radical (unpaired) electrons. The highest BCUT2D eigenvalue weighted by Gasteiger charge is 2.21. The number of amides is 1. The molecular weight excluding hydrogens is 322 g/mol. The molecule has 1 aliphatic rings. The molecule has 0 saturated carbocycles. The number of piperidine rings is 1. The lowest BCUT2D eigenvalue weighted by atomic mass is 9.92. The smallest absolute Gasteiger partial charge is 0.267 e. The second kappa shape index (κ2) is 9.04. The molecule has 4 heteroatoms. The average molecular weight is 354 g/mol. The van der Waals surface area contributed by atoms with Crippen LogP contribution in [0.3, 0.4) is 0 Å². The van der Waals surface area contributed by atoms with Gasteiger partial charge in [-0.25, -0.2) is 0 Å². The molecule has 1 aliphatic heterocycles. The van der Waals surface area contributed by atoms with Gasteiger partial charge >= 0.3 is 0 Å². The average Bonchev–Trinajstić information content (AvgIpc) is 3.07. The van der Waals surface area contributed by atoms with Gasteiger partial charge in [0.25, 0.3) is 5.91 Å². The zero-order valence-corrected chi connectivity index (χ0v) is 16.0. The SMILES string of the molecule is CC1CC(C)CN(CCCNC(=O)c2cccn2Cc2ccccc2)C1. The van der Waals surface area contributed by atoms with Crippen LogP contribution in [-0.4, -0.2) is 41.6 Å². The first kappa shape index (κ1) is 18.7. The van der Waals surface area contributed by atoms with Crippen molar-refractivity contribution >= 4 is 5.91 Å². The van der Waals surface area contributed by atoms with E-state index in [-0.39, 0.29) is 5.91 Å². The van der Waals surface area contributed by atoms with Crippen molar-refractivity contribution in [2.45, 2.75) is 33.2 Å². The van der Waals surface area contributed by atoms with Crippen LogP contribution in [0.4, 0.5) is 0 Å². The molecule has 1 N–H and O–H groups in total. The van der Waals surface area contributed by atoms with Crippen molar-refractivity contribution < 1.29 is 4.79 Å². The highest BCUT2D eigenvalue weighted by atomic mass is 16.1. The third kappa shape index (κ3) is 5.21. The molecule has 3 rings (SSSR count). The van der Waals surface area contributed by atoms with E-state index < -0.39 is 0 Å². The van der Waals surface area contributed by atoms with Crippen LogP contribution in [0.15, 0.2) is 48.7 Å². The van der Waals surface area contributed by atoms with E-state index in [1.54, 1.807) is 0 Å². The van der Waals surface area contributed by atoms with Gasteiger partial charge in [0.1, 0.15) is 5.69 Å². The number of aromatic nitrogens is 1. The summed E-state index contributed by atoms with van der Waals surface area (Å²) in [6, 6.07) is 14.1. The normalized spacial score (nSPS) is 20.8. The summed E-state index contributed by atoms with van der Waals surface area (Å²) < 4.78 is 2.01. The highest BCUT2D eigenvalue weighted by Crippen LogP contribution is 2.20. The molecule has 1 aromatic heterocycles. The van der Waals surface area contributed by atoms with Gasteiger partial charge in [-0.3, -0.25) is 4.79 Å². The summed E-state index contributed by atoms with van der Waals surface area (Å²) in [6.07, 6.45) is 4.31. The fourth-order valence-electron chi connectivity index (χ4n) is 4.11. The molecule has 4 nitrogen and oxygen atoms in total. The van der Waals surface area contributed by atoms with Crippen LogP contribution in [-0.2, 0) is 6.54 Å². The second-order valence-electron chi connectivity index (χ2n) is 7.82. The maximum absolute atomic E-state index is 12.5. The number of rotatable bonds is 7. The number of likely N-dealkylation sites (tertiary alicyclic amines) is 1. The predicted octanol–water partition coefficient (Wildman–Crippen LogP) is 3.63. The van der Waals surface area contributed by atoms with Gasteiger partial charge in [0.05, 0.1) is 0 Å². The van der Waals surface area contributed by atoms with Gasteiger partial charge in [0.15, 0.2) is 0 Å². The molecule has 0 bridgehead atoms. The van der Waals surface area contributed by atoms with E-state index in [9.17, 15) is 4.79 Å². The number of benzene rings is 1. The Morgan fingerprint density at radius 3 is 2.54 bits per heavy atom. The van der Waals surface area contributed by atoms with Gasteiger partial charge in [-0.2, -0.15) is 0 Å². The number of carbonyl (C=O) groups is 1. The van der Waals surface area contributed by atoms with Gasteiger partial charge < -0.3 is 14.8 Å². The Bertz CT molecular complexity index is 684. The van der Waals surface area contributed by atoms with Crippen molar-refractivity contribution in [3.05, 3.63) is 59.9 Å². The minimum Gasteiger partial charge on any atom is -0.351 e. The zero-order chi connectivity index (χ0) is 18.4. The van der Waals surface area contributed by atoms with Gasteiger partial charge in [-0.15, -0.1) is 0 Å². The fourth-order valence-corrected chi connectivity index (χ4v) is 4.11. The Balaban J connectivity index is 1.45. The van der Waals surface area contributed by atoms with Crippen molar-refractivity contribution in [2.75, 3.05) is 26.2 Å². The van der Waals surface area contributed by atoms with Crippen molar-refractivity contribution in [3.8, 4) is 0 Å². The topological polar surface area (TPSA) is 37.3 Å². The molecule has 1 fully saturated rings. The van der Waals surface area contributed by atoms with E-state index in [0.717, 1.165) is 43.6 Å². The van der Waals surface area contributed by atoms with E-state index in [1.165, 1.54) is 25.1 Å². The van der Waals surface area contributed by atoms with Gasteiger partial charge in [-0.05, 0) is 48.9 Å². The summed E-state index contributed by atoms with van der Waals surface area (Å²) in [6.45, 7) is 9.59. The van der Waals surface area contributed by atoms with E-state index in [4.69, 9.17) is 0 Å². The molecule has 1 aromatic carbocycles. The van der Waals surface area contributed by atoms with E-state index >= 15 is 0 Å². The Morgan fingerprint density at radius 2 is 1.81 bits per heavy atom. The Labute approximate surface area is 157 Å². The minimum absolute atomic E-state index is 0.0197. The molecule has 1 saturated heterocycles. The van der Waals surface area contributed by atoms with E-state index in [0.29, 0.717) is 0 Å². The largest absolute Gasteiger partial charge is 0.351 e. The Hall–Kier alpha value is -2.07. The van der Waals surface area contributed by atoms with Crippen molar-refractivity contribution in [1.29, 1.82) is 0 Å². The highest BCUT2D eigenvalue weighted by molar-refractivity contribution is 5.92. The summed E-state index contributed by atoms with van der Waals surface area (Å²) in [5, 5.41) is 3.09. The summed E-state index contributed by atoms with van der Waals surface area (Å²) in [7, 11) is 0. The second-order valence-corrected chi connectivity index (χ2v) is 7.82. The van der Waals surface area contributed by atoms with Crippen LogP contribution in [0.5, 0.6) is 0 Å². The lowest BCUT2D eigenvalue weighted by Crippen LogP contribution is -2.40. The molecule has 140 valence electrons. The Morgan fingerprint density at radius 1 is 1.08 bits per heavy atom. The number of carbonyl (C=O) groups excluding carboxylic acids is 1. The number of hydrogen-bond acceptors (Lipinski definition) is 2. The van der Waals surface area contributed by atoms with Crippen LogP contribution in [0, 0.1) is 11.8 Å². The predicted molar refractivity (Wildman–Crippen MR) is 106 cm³/mol. The number of nitrogens with one attached hydrogen (secondary N) is 1. The molecule has 2 heterocycles. The molecular formula is C22H31N3O. The quantitative estimate of drug-likeness (QED) is 0.772.